The van der Waals surface area contributed by atoms with Gasteiger partial charge in [0.2, 0.25) is 0 Å². The van der Waals surface area contributed by atoms with Crippen molar-refractivity contribution >= 4 is 11.3 Å². The Bertz CT molecular complexity index is 323. The molecule has 0 bridgehead atoms. The zero-order valence-electron chi connectivity index (χ0n) is 10.3. The number of hydrogen-bond acceptors (Lipinski definition) is 5. The molecule has 1 atom stereocenters. The summed E-state index contributed by atoms with van der Waals surface area (Å²) in [5.74, 6) is 0. The maximum Gasteiger partial charge on any atom is 0.109 e. The second-order valence-corrected chi connectivity index (χ2v) is 5.72. The van der Waals surface area contributed by atoms with Gasteiger partial charge in [-0.1, -0.05) is 0 Å². The van der Waals surface area contributed by atoms with Crippen LogP contribution >= 0.6 is 11.3 Å². The molecule has 0 saturated carbocycles. The van der Waals surface area contributed by atoms with E-state index in [1.807, 2.05) is 11.6 Å². The van der Waals surface area contributed by atoms with E-state index in [0.717, 1.165) is 44.2 Å². The van der Waals surface area contributed by atoms with E-state index in [2.05, 4.69) is 17.2 Å². The Morgan fingerprint density at radius 3 is 2.94 bits per heavy atom. The van der Waals surface area contributed by atoms with Gasteiger partial charge in [0.1, 0.15) is 5.01 Å². The van der Waals surface area contributed by atoms with E-state index in [1.54, 1.807) is 11.3 Å². The van der Waals surface area contributed by atoms with Gasteiger partial charge < -0.3 is 15.8 Å². The van der Waals surface area contributed by atoms with Crippen LogP contribution < -0.4 is 11.1 Å². The molecule has 0 radical (unpaired) electrons. The van der Waals surface area contributed by atoms with E-state index < -0.39 is 0 Å². The van der Waals surface area contributed by atoms with Crippen molar-refractivity contribution < 1.29 is 4.74 Å². The lowest BCUT2D eigenvalue weighted by Gasteiger charge is -2.37. The maximum atomic E-state index is 5.93. The molecular formula is C12H21N3OS. The predicted molar refractivity (Wildman–Crippen MR) is 70.1 cm³/mol. The first kappa shape index (κ1) is 13.0. The van der Waals surface area contributed by atoms with Crippen molar-refractivity contribution in [2.45, 2.75) is 25.8 Å². The summed E-state index contributed by atoms with van der Waals surface area (Å²) in [6, 6.07) is 0.307. The molecule has 1 aromatic rings. The molecule has 2 heterocycles. The fourth-order valence-electron chi connectivity index (χ4n) is 2.16. The fraction of sp³-hybridized carbons (Fsp3) is 0.750. The van der Waals surface area contributed by atoms with Crippen LogP contribution in [-0.4, -0.2) is 31.3 Å². The highest BCUT2D eigenvalue weighted by Crippen LogP contribution is 2.29. The second kappa shape index (κ2) is 5.91. The number of rotatable bonds is 5. The molecule has 1 saturated heterocycles. The Hall–Kier alpha value is -0.490. The van der Waals surface area contributed by atoms with Crippen LogP contribution in [0, 0.1) is 5.41 Å². The molecule has 5 heteroatoms. The Labute approximate surface area is 107 Å². The van der Waals surface area contributed by atoms with Crippen molar-refractivity contribution in [2.75, 3.05) is 26.3 Å². The first-order chi connectivity index (χ1) is 8.26. The Morgan fingerprint density at radius 2 is 2.35 bits per heavy atom. The van der Waals surface area contributed by atoms with Gasteiger partial charge in [0.05, 0.1) is 6.04 Å². The number of aromatic nitrogens is 1. The lowest BCUT2D eigenvalue weighted by Crippen LogP contribution is -2.44. The van der Waals surface area contributed by atoms with E-state index >= 15 is 0 Å². The number of hydrogen-bond donors (Lipinski definition) is 2. The van der Waals surface area contributed by atoms with Gasteiger partial charge in [0.15, 0.2) is 0 Å². The van der Waals surface area contributed by atoms with E-state index in [-0.39, 0.29) is 5.41 Å². The number of nitrogens with zero attached hydrogens (tertiary/aromatic N) is 1. The first-order valence-corrected chi connectivity index (χ1v) is 7.04. The van der Waals surface area contributed by atoms with Gasteiger partial charge in [-0.25, -0.2) is 4.98 Å². The highest BCUT2D eigenvalue weighted by molar-refractivity contribution is 7.09. The van der Waals surface area contributed by atoms with Gasteiger partial charge in [-0.05, 0) is 31.7 Å². The highest BCUT2D eigenvalue weighted by Gasteiger charge is 2.31. The molecular weight excluding hydrogens is 234 g/mol. The zero-order chi connectivity index (χ0) is 12.1. The maximum absolute atomic E-state index is 5.93. The lowest BCUT2D eigenvalue weighted by atomic mass is 9.80. The number of ether oxygens (including phenoxy) is 1. The topological polar surface area (TPSA) is 60.2 Å². The van der Waals surface area contributed by atoms with E-state index in [9.17, 15) is 0 Å². The quantitative estimate of drug-likeness (QED) is 0.838. The van der Waals surface area contributed by atoms with Crippen LogP contribution in [0.1, 0.15) is 30.8 Å². The van der Waals surface area contributed by atoms with Crippen LogP contribution in [-0.2, 0) is 4.74 Å². The molecule has 0 aliphatic carbocycles. The number of thiazole rings is 1. The monoisotopic (exact) mass is 255 g/mol. The minimum atomic E-state index is 0.212. The molecule has 1 aliphatic heterocycles. The van der Waals surface area contributed by atoms with Crippen LogP contribution in [0.25, 0.3) is 0 Å². The van der Waals surface area contributed by atoms with E-state index in [1.165, 1.54) is 0 Å². The minimum Gasteiger partial charge on any atom is -0.381 e. The third-order valence-electron chi connectivity index (χ3n) is 3.59. The SMILES string of the molecule is CC(NCC1(CN)CCOCC1)c1nccs1. The summed E-state index contributed by atoms with van der Waals surface area (Å²) >= 11 is 1.69. The van der Waals surface area contributed by atoms with Crippen molar-refractivity contribution in [3.8, 4) is 0 Å². The fourth-order valence-corrected chi connectivity index (χ4v) is 2.83. The molecule has 0 amide bonds. The summed E-state index contributed by atoms with van der Waals surface area (Å²) in [5.41, 5.74) is 6.15. The summed E-state index contributed by atoms with van der Waals surface area (Å²) in [7, 11) is 0. The van der Waals surface area contributed by atoms with Crippen LogP contribution in [0.4, 0.5) is 0 Å². The van der Waals surface area contributed by atoms with Gasteiger partial charge >= 0.3 is 0 Å². The Kier molecular flexibility index (Phi) is 4.50. The molecule has 0 aromatic carbocycles. The lowest BCUT2D eigenvalue weighted by molar-refractivity contribution is 0.0182. The van der Waals surface area contributed by atoms with Crippen LogP contribution in [0.15, 0.2) is 11.6 Å². The molecule has 1 aromatic heterocycles. The van der Waals surface area contributed by atoms with Gasteiger partial charge in [-0.3, -0.25) is 0 Å². The minimum absolute atomic E-state index is 0.212. The third-order valence-corrected chi connectivity index (χ3v) is 4.55. The summed E-state index contributed by atoms with van der Waals surface area (Å²) in [4.78, 5) is 4.33. The second-order valence-electron chi connectivity index (χ2n) is 4.79. The Balaban J connectivity index is 1.87. The van der Waals surface area contributed by atoms with Gasteiger partial charge in [-0.15, -0.1) is 11.3 Å². The molecule has 2 rings (SSSR count). The molecule has 1 unspecified atom stereocenters. The summed E-state index contributed by atoms with van der Waals surface area (Å²) in [6.45, 7) is 5.51. The predicted octanol–water partition coefficient (Wildman–Crippen LogP) is 1.55. The van der Waals surface area contributed by atoms with Crippen molar-refractivity contribution in [1.82, 2.24) is 10.3 Å². The molecule has 3 N–H and O–H groups in total. The summed E-state index contributed by atoms with van der Waals surface area (Å²) in [6.07, 6.45) is 3.97. The summed E-state index contributed by atoms with van der Waals surface area (Å²) in [5, 5.41) is 6.72. The summed E-state index contributed by atoms with van der Waals surface area (Å²) < 4.78 is 5.41. The van der Waals surface area contributed by atoms with Crippen molar-refractivity contribution in [3.63, 3.8) is 0 Å². The van der Waals surface area contributed by atoms with Crippen molar-refractivity contribution in [3.05, 3.63) is 16.6 Å². The molecule has 0 spiro atoms. The third kappa shape index (κ3) is 3.25. The zero-order valence-corrected chi connectivity index (χ0v) is 11.1. The smallest absolute Gasteiger partial charge is 0.109 e. The van der Waals surface area contributed by atoms with Gasteiger partial charge in [0.25, 0.3) is 0 Å². The Morgan fingerprint density at radius 1 is 1.59 bits per heavy atom. The van der Waals surface area contributed by atoms with Crippen LogP contribution in [0.2, 0.25) is 0 Å². The highest BCUT2D eigenvalue weighted by atomic mass is 32.1. The number of nitrogens with one attached hydrogen (secondary N) is 1. The van der Waals surface area contributed by atoms with E-state index in [0.29, 0.717) is 6.04 Å². The molecule has 1 fully saturated rings. The molecule has 17 heavy (non-hydrogen) atoms. The normalized spacial score (nSPS) is 21.3. The molecule has 4 nitrogen and oxygen atoms in total. The van der Waals surface area contributed by atoms with E-state index in [4.69, 9.17) is 10.5 Å². The van der Waals surface area contributed by atoms with Gasteiger partial charge in [-0.2, -0.15) is 0 Å². The number of nitrogens with two attached hydrogens (primary N) is 1. The standard InChI is InChI=1S/C12H21N3OS/c1-10(11-14-4-7-17-11)15-9-12(8-13)2-5-16-6-3-12/h4,7,10,15H,2-3,5-6,8-9,13H2,1H3. The van der Waals surface area contributed by atoms with Crippen LogP contribution in [0.5, 0.6) is 0 Å². The first-order valence-electron chi connectivity index (χ1n) is 6.16. The molecule has 1 aliphatic rings. The van der Waals surface area contributed by atoms with Crippen molar-refractivity contribution in [1.29, 1.82) is 0 Å². The average Bonchev–Trinajstić information content (AvgIpc) is 2.91. The van der Waals surface area contributed by atoms with Crippen LogP contribution in [0.3, 0.4) is 0 Å². The van der Waals surface area contributed by atoms with Crippen molar-refractivity contribution in [2.24, 2.45) is 11.1 Å². The average molecular weight is 255 g/mol. The largest absolute Gasteiger partial charge is 0.381 e. The van der Waals surface area contributed by atoms with Gasteiger partial charge in [0, 0.05) is 31.3 Å². The molecule has 96 valence electrons.